The zero-order valence-corrected chi connectivity index (χ0v) is 8.54. The van der Waals surface area contributed by atoms with Gasteiger partial charge in [-0.15, -0.1) is 0 Å². The van der Waals surface area contributed by atoms with Gasteiger partial charge in [0.2, 0.25) is 0 Å². The van der Waals surface area contributed by atoms with Gasteiger partial charge in [-0.05, 0) is 43.1 Å². The van der Waals surface area contributed by atoms with E-state index in [2.05, 4.69) is 11.8 Å². The van der Waals surface area contributed by atoms with Gasteiger partial charge in [-0.25, -0.2) is 0 Å². The molecule has 2 N–H and O–H groups in total. The Morgan fingerprint density at radius 2 is 1.67 bits per heavy atom. The van der Waals surface area contributed by atoms with E-state index in [1.54, 1.807) is 0 Å². The van der Waals surface area contributed by atoms with Gasteiger partial charge in [0.15, 0.2) is 0 Å². The Kier molecular flexibility index (Phi) is 2.66. The predicted octanol–water partition coefficient (Wildman–Crippen LogP) is 2.40. The zero-order valence-electron chi connectivity index (χ0n) is 7.72. The van der Waals surface area contributed by atoms with Gasteiger partial charge in [0.1, 0.15) is 0 Å². The van der Waals surface area contributed by atoms with Crippen molar-refractivity contribution in [1.29, 1.82) is 0 Å². The van der Waals surface area contributed by atoms with Crippen molar-refractivity contribution in [3.63, 3.8) is 0 Å². The summed E-state index contributed by atoms with van der Waals surface area (Å²) in [4.78, 5) is 0. The van der Waals surface area contributed by atoms with E-state index >= 15 is 0 Å². The standard InChI is InChI=1S/C10H19NS/c11-10(5-7-12-8-6-10)9-3-1-2-4-9/h9H,1-8,11H2. The second-order valence-corrected chi connectivity index (χ2v) is 5.55. The smallest absolute Gasteiger partial charge is 0.0198 e. The first-order chi connectivity index (χ1) is 5.81. The van der Waals surface area contributed by atoms with Crippen LogP contribution in [0.2, 0.25) is 0 Å². The lowest BCUT2D eigenvalue weighted by atomic mass is 9.79. The van der Waals surface area contributed by atoms with Crippen LogP contribution in [0.3, 0.4) is 0 Å². The van der Waals surface area contributed by atoms with Gasteiger partial charge in [0.25, 0.3) is 0 Å². The molecule has 1 nitrogen and oxygen atoms in total. The molecule has 0 bridgehead atoms. The van der Waals surface area contributed by atoms with Gasteiger partial charge in [0.05, 0.1) is 0 Å². The third kappa shape index (κ3) is 1.64. The summed E-state index contributed by atoms with van der Waals surface area (Å²) in [5.74, 6) is 3.46. The van der Waals surface area contributed by atoms with E-state index in [-0.39, 0.29) is 5.54 Å². The summed E-state index contributed by atoms with van der Waals surface area (Å²) in [5, 5.41) is 0. The van der Waals surface area contributed by atoms with Crippen LogP contribution >= 0.6 is 11.8 Å². The van der Waals surface area contributed by atoms with Gasteiger partial charge >= 0.3 is 0 Å². The Bertz CT molecular complexity index is 146. The molecular weight excluding hydrogens is 166 g/mol. The van der Waals surface area contributed by atoms with Gasteiger partial charge in [-0.2, -0.15) is 11.8 Å². The molecule has 2 rings (SSSR count). The molecule has 0 radical (unpaired) electrons. The molecule has 1 heterocycles. The SMILES string of the molecule is NC1(C2CCCC2)CCSCC1. The zero-order chi connectivity index (χ0) is 8.44. The lowest BCUT2D eigenvalue weighted by Crippen LogP contribution is -2.48. The summed E-state index contributed by atoms with van der Waals surface area (Å²) in [6.07, 6.45) is 8.19. The Balaban J connectivity index is 1.97. The molecule has 0 atom stereocenters. The molecule has 0 aromatic carbocycles. The average Bonchev–Trinajstić information content (AvgIpc) is 2.58. The minimum atomic E-state index is 0.238. The van der Waals surface area contributed by atoms with Crippen molar-refractivity contribution in [2.24, 2.45) is 11.7 Å². The number of hydrogen-bond donors (Lipinski definition) is 1. The van der Waals surface area contributed by atoms with Crippen molar-refractivity contribution in [3.8, 4) is 0 Å². The van der Waals surface area contributed by atoms with Crippen molar-refractivity contribution in [2.75, 3.05) is 11.5 Å². The second-order valence-electron chi connectivity index (χ2n) is 4.33. The fourth-order valence-corrected chi connectivity index (χ4v) is 3.91. The van der Waals surface area contributed by atoms with Crippen LogP contribution in [-0.2, 0) is 0 Å². The van der Waals surface area contributed by atoms with Crippen LogP contribution in [0.5, 0.6) is 0 Å². The molecule has 0 spiro atoms. The summed E-state index contributed by atoms with van der Waals surface area (Å²) in [7, 11) is 0. The molecule has 0 unspecified atom stereocenters. The second kappa shape index (κ2) is 3.59. The van der Waals surface area contributed by atoms with E-state index in [0.29, 0.717) is 0 Å². The van der Waals surface area contributed by atoms with E-state index in [0.717, 1.165) is 5.92 Å². The van der Waals surface area contributed by atoms with Gasteiger partial charge in [0, 0.05) is 5.54 Å². The minimum absolute atomic E-state index is 0.238. The topological polar surface area (TPSA) is 26.0 Å². The highest BCUT2D eigenvalue weighted by atomic mass is 32.2. The van der Waals surface area contributed by atoms with Gasteiger partial charge < -0.3 is 5.73 Å². The van der Waals surface area contributed by atoms with E-state index in [1.165, 1.54) is 50.0 Å². The molecular formula is C10H19NS. The lowest BCUT2D eigenvalue weighted by molar-refractivity contribution is 0.254. The van der Waals surface area contributed by atoms with Crippen molar-refractivity contribution in [2.45, 2.75) is 44.1 Å². The molecule has 1 saturated carbocycles. The summed E-state index contributed by atoms with van der Waals surface area (Å²) in [6.45, 7) is 0. The molecule has 1 saturated heterocycles. The maximum absolute atomic E-state index is 6.45. The van der Waals surface area contributed by atoms with Crippen LogP contribution in [0.1, 0.15) is 38.5 Å². The molecule has 2 heteroatoms. The normalized spacial score (nSPS) is 30.8. The summed E-state index contributed by atoms with van der Waals surface area (Å²) < 4.78 is 0. The van der Waals surface area contributed by atoms with E-state index in [9.17, 15) is 0 Å². The third-order valence-electron chi connectivity index (χ3n) is 3.59. The number of nitrogens with two attached hydrogens (primary N) is 1. The molecule has 2 aliphatic rings. The molecule has 0 aromatic rings. The highest BCUT2D eigenvalue weighted by Crippen LogP contribution is 2.39. The van der Waals surface area contributed by atoms with Gasteiger partial charge in [-0.3, -0.25) is 0 Å². The molecule has 70 valence electrons. The van der Waals surface area contributed by atoms with Crippen molar-refractivity contribution in [1.82, 2.24) is 0 Å². The number of hydrogen-bond acceptors (Lipinski definition) is 2. The maximum Gasteiger partial charge on any atom is 0.0198 e. The molecule has 1 aliphatic heterocycles. The van der Waals surface area contributed by atoms with Crippen LogP contribution in [0.25, 0.3) is 0 Å². The first kappa shape index (κ1) is 8.89. The Labute approximate surface area is 79.5 Å². The third-order valence-corrected chi connectivity index (χ3v) is 4.58. The van der Waals surface area contributed by atoms with Crippen LogP contribution in [0.15, 0.2) is 0 Å². The quantitative estimate of drug-likeness (QED) is 0.679. The molecule has 0 amide bonds. The highest BCUT2D eigenvalue weighted by molar-refractivity contribution is 7.99. The van der Waals surface area contributed by atoms with Crippen LogP contribution in [-0.4, -0.2) is 17.0 Å². The van der Waals surface area contributed by atoms with E-state index in [4.69, 9.17) is 5.73 Å². The monoisotopic (exact) mass is 185 g/mol. The minimum Gasteiger partial charge on any atom is -0.325 e. The van der Waals surface area contributed by atoms with Crippen LogP contribution in [0, 0.1) is 5.92 Å². The Morgan fingerprint density at radius 3 is 2.25 bits per heavy atom. The summed E-state index contributed by atoms with van der Waals surface area (Å²) >= 11 is 2.08. The summed E-state index contributed by atoms with van der Waals surface area (Å²) in [5.41, 5.74) is 6.69. The van der Waals surface area contributed by atoms with E-state index in [1.807, 2.05) is 0 Å². The molecule has 2 fully saturated rings. The van der Waals surface area contributed by atoms with Crippen molar-refractivity contribution in [3.05, 3.63) is 0 Å². The Hall–Kier alpha value is 0.310. The molecule has 1 aliphatic carbocycles. The van der Waals surface area contributed by atoms with Crippen molar-refractivity contribution < 1.29 is 0 Å². The maximum atomic E-state index is 6.45. The Morgan fingerprint density at radius 1 is 1.08 bits per heavy atom. The van der Waals surface area contributed by atoms with Crippen molar-refractivity contribution >= 4 is 11.8 Å². The highest BCUT2D eigenvalue weighted by Gasteiger charge is 2.37. The fourth-order valence-electron chi connectivity index (χ4n) is 2.66. The van der Waals surface area contributed by atoms with Crippen LogP contribution < -0.4 is 5.73 Å². The van der Waals surface area contributed by atoms with E-state index < -0.39 is 0 Å². The first-order valence-electron chi connectivity index (χ1n) is 5.18. The number of thioether (sulfide) groups is 1. The van der Waals surface area contributed by atoms with Gasteiger partial charge in [-0.1, -0.05) is 12.8 Å². The predicted molar refractivity (Wildman–Crippen MR) is 55.4 cm³/mol. The van der Waals surface area contributed by atoms with Crippen LogP contribution in [0.4, 0.5) is 0 Å². The number of rotatable bonds is 1. The average molecular weight is 185 g/mol. The first-order valence-corrected chi connectivity index (χ1v) is 6.33. The lowest BCUT2D eigenvalue weighted by Gasteiger charge is -2.38. The fraction of sp³-hybridized carbons (Fsp3) is 1.00. The molecule has 12 heavy (non-hydrogen) atoms. The summed E-state index contributed by atoms with van der Waals surface area (Å²) in [6, 6.07) is 0. The molecule has 0 aromatic heterocycles. The largest absolute Gasteiger partial charge is 0.325 e.